The summed E-state index contributed by atoms with van der Waals surface area (Å²) in [6.07, 6.45) is 15.8. The molecule has 1 aliphatic heterocycles. The Morgan fingerprint density at radius 3 is 2.29 bits per heavy atom. The molecule has 0 saturated carbocycles. The van der Waals surface area contributed by atoms with Gasteiger partial charge >= 0.3 is 11.9 Å². The Kier molecular flexibility index (Phi) is 22.2. The van der Waals surface area contributed by atoms with Gasteiger partial charge in [-0.15, -0.1) is 0 Å². The normalized spacial score (nSPS) is 25.4. The largest absolute Gasteiger partial charge is 0.462 e. The number of hydrogen-bond donors (Lipinski definition) is 4. The van der Waals surface area contributed by atoms with E-state index in [-0.39, 0.29) is 42.4 Å². The third kappa shape index (κ3) is 20.7. The fourth-order valence-electron chi connectivity index (χ4n) is 6.56. The second-order valence-electron chi connectivity index (χ2n) is 15.3. The fourth-order valence-corrected chi connectivity index (χ4v) is 6.56. The quantitative estimate of drug-likeness (QED) is 0.0511. The smallest absolute Gasteiger partial charge is 0.331 e. The predicted octanol–water partition coefficient (Wildman–Crippen LogP) is 8.40. The van der Waals surface area contributed by atoms with Crippen LogP contribution in [0.4, 0.5) is 0 Å². The number of aliphatic hydroxyl groups is 4. The molecule has 0 radical (unpaired) electrons. The molecule has 0 aliphatic carbocycles. The lowest BCUT2D eigenvalue weighted by atomic mass is 9.89. The third-order valence-electron chi connectivity index (χ3n) is 9.53. The summed E-state index contributed by atoms with van der Waals surface area (Å²) in [5, 5.41) is 39.8. The monoisotopic (exact) mass is 715 g/mol. The van der Waals surface area contributed by atoms with Gasteiger partial charge in [-0.3, -0.25) is 4.79 Å². The van der Waals surface area contributed by atoms with Gasteiger partial charge in [-0.1, -0.05) is 92.0 Å². The number of carbonyl (C=O) groups excluding carboxylic acids is 2. The van der Waals surface area contributed by atoms with Crippen molar-refractivity contribution in [3.8, 4) is 0 Å². The highest BCUT2D eigenvalue weighted by molar-refractivity contribution is 5.82. The first-order valence-electron chi connectivity index (χ1n) is 19.1. The highest BCUT2D eigenvalue weighted by Crippen LogP contribution is 2.27. The molecule has 8 heteroatoms. The van der Waals surface area contributed by atoms with Crippen LogP contribution in [0.2, 0.25) is 0 Å². The average Bonchev–Trinajstić information content (AvgIpc) is 3.02. The number of esters is 2. The van der Waals surface area contributed by atoms with Crippen LogP contribution in [-0.4, -0.2) is 69.0 Å². The van der Waals surface area contributed by atoms with Gasteiger partial charge in [0.25, 0.3) is 0 Å². The topological polar surface area (TPSA) is 134 Å². The molecule has 0 aromatic carbocycles. The Bertz CT molecular complexity index is 1250. The molecule has 1 unspecified atom stereocenters. The maximum Gasteiger partial charge on any atom is 0.331 e. The van der Waals surface area contributed by atoms with Gasteiger partial charge in [-0.25, -0.2) is 4.79 Å². The van der Waals surface area contributed by atoms with Crippen LogP contribution in [0.5, 0.6) is 0 Å². The Balaban J connectivity index is 2.87. The molecule has 9 atom stereocenters. The lowest BCUT2D eigenvalue weighted by Gasteiger charge is -2.27. The van der Waals surface area contributed by atoms with Crippen LogP contribution in [-0.2, 0) is 19.1 Å². The van der Waals surface area contributed by atoms with E-state index in [1.165, 1.54) is 6.08 Å². The second kappa shape index (κ2) is 24.5. The summed E-state index contributed by atoms with van der Waals surface area (Å²) < 4.78 is 11.9. The summed E-state index contributed by atoms with van der Waals surface area (Å²) in [4.78, 5) is 25.9. The minimum absolute atomic E-state index is 0.0741. The van der Waals surface area contributed by atoms with Crippen molar-refractivity contribution in [1.29, 1.82) is 0 Å². The van der Waals surface area contributed by atoms with Crippen molar-refractivity contribution in [2.75, 3.05) is 0 Å². The minimum Gasteiger partial charge on any atom is -0.462 e. The van der Waals surface area contributed by atoms with Crippen molar-refractivity contribution in [2.24, 2.45) is 17.8 Å². The van der Waals surface area contributed by atoms with Crippen LogP contribution in [0, 0.1) is 17.8 Å². The predicted molar refractivity (Wildman–Crippen MR) is 207 cm³/mol. The third-order valence-corrected chi connectivity index (χ3v) is 9.53. The van der Waals surface area contributed by atoms with Crippen LogP contribution < -0.4 is 0 Å². The number of aliphatic hydroxyl groups excluding tert-OH is 4. The van der Waals surface area contributed by atoms with Crippen molar-refractivity contribution in [1.82, 2.24) is 0 Å². The van der Waals surface area contributed by atoms with Crippen LogP contribution in [0.25, 0.3) is 0 Å². The van der Waals surface area contributed by atoms with Crippen LogP contribution in [0.1, 0.15) is 133 Å². The number of carbonyl (C=O) groups is 2. The molecule has 8 nitrogen and oxygen atoms in total. The molecular formula is C43H70O8. The lowest BCUT2D eigenvalue weighted by Crippen LogP contribution is -2.28. The highest BCUT2D eigenvalue weighted by Gasteiger charge is 2.26. The number of ether oxygens (including phenoxy) is 2. The number of cyclic esters (lactones) is 1. The fraction of sp³-hybridized carbons (Fsp3) is 0.674. The molecule has 4 N–H and O–H groups in total. The van der Waals surface area contributed by atoms with Crippen molar-refractivity contribution in [3.63, 3.8) is 0 Å². The van der Waals surface area contributed by atoms with Gasteiger partial charge in [0.1, 0.15) is 12.2 Å². The Labute approximate surface area is 309 Å². The van der Waals surface area contributed by atoms with Crippen LogP contribution in [0.3, 0.4) is 0 Å². The molecule has 0 saturated heterocycles. The van der Waals surface area contributed by atoms with Crippen molar-refractivity contribution in [2.45, 2.75) is 170 Å². The maximum atomic E-state index is 12.9. The van der Waals surface area contributed by atoms with E-state index < -0.39 is 30.4 Å². The minimum atomic E-state index is -0.614. The second-order valence-corrected chi connectivity index (χ2v) is 15.3. The van der Waals surface area contributed by atoms with Crippen molar-refractivity contribution in [3.05, 3.63) is 70.4 Å². The summed E-state index contributed by atoms with van der Waals surface area (Å²) in [5.74, 6) is -0.597. The molecule has 0 aromatic heterocycles. The number of hydrogen-bond acceptors (Lipinski definition) is 8. The van der Waals surface area contributed by atoms with Gasteiger partial charge in [0.05, 0.1) is 24.4 Å². The van der Waals surface area contributed by atoms with Gasteiger partial charge in [-0.2, -0.15) is 0 Å². The standard InChI is InChI=1S/C43H70O8/c1-11-37(45)27-38(46)18-15-28(2)21-31(5)22-29(3)17-20-43(49)50-40-13-12-14-42(48)51-41(19-16-30(4)23-34(40)8)35(9)25-32(6)24-33(7)39(47)26-36(10)44/h15-17,20-22,24,33-41,44-47H,11-14,18-19,23,25-27H2,1-10H3/b20-17+,28-15+,29-22-,30-16+,31-21+,32-24+/t33-,34+,35+,36-,37-,38+,39-,40?,41-/m1/s1. The van der Waals surface area contributed by atoms with E-state index in [2.05, 4.69) is 26.8 Å². The molecule has 1 rings (SSSR count). The van der Waals surface area contributed by atoms with Crippen LogP contribution >= 0.6 is 0 Å². The molecule has 0 spiro atoms. The molecule has 1 heterocycles. The molecule has 0 amide bonds. The van der Waals surface area contributed by atoms with Crippen LogP contribution in [0.15, 0.2) is 70.4 Å². The zero-order chi connectivity index (χ0) is 38.7. The average molecular weight is 715 g/mol. The summed E-state index contributed by atoms with van der Waals surface area (Å²) in [7, 11) is 0. The zero-order valence-corrected chi connectivity index (χ0v) is 33.2. The molecule has 1 aliphatic rings. The van der Waals surface area contributed by atoms with E-state index in [0.29, 0.717) is 44.9 Å². The van der Waals surface area contributed by atoms with E-state index in [4.69, 9.17) is 9.47 Å². The van der Waals surface area contributed by atoms with E-state index in [9.17, 15) is 30.0 Å². The van der Waals surface area contributed by atoms with Gasteiger partial charge in [0.2, 0.25) is 0 Å². The summed E-state index contributed by atoms with van der Waals surface area (Å²) in [6.45, 7) is 19.7. The number of rotatable bonds is 17. The molecule has 290 valence electrons. The van der Waals surface area contributed by atoms with E-state index in [1.54, 1.807) is 13.0 Å². The molecule has 0 fully saturated rings. The SMILES string of the molecule is CC[C@@H](O)C[C@@H](O)C/C=C(C)/C=C(C)/C=C(C)\C=C\C(=O)OC1CCCC(=O)O[C@@H]([C@@H](C)C/C(C)=C/[C@@H](C)[C@H](O)C[C@@H](C)O)C/C=C(\C)C[C@@H]1C. The Hall–Kier alpha value is -2.78. The first-order valence-corrected chi connectivity index (χ1v) is 19.1. The lowest BCUT2D eigenvalue weighted by molar-refractivity contribution is -0.152. The summed E-state index contributed by atoms with van der Waals surface area (Å²) >= 11 is 0. The van der Waals surface area contributed by atoms with Crippen molar-refractivity contribution >= 4 is 11.9 Å². The molecule has 0 bridgehead atoms. The van der Waals surface area contributed by atoms with E-state index in [1.807, 2.05) is 65.8 Å². The van der Waals surface area contributed by atoms with Gasteiger partial charge in [-0.05, 0) is 105 Å². The zero-order valence-electron chi connectivity index (χ0n) is 33.2. The highest BCUT2D eigenvalue weighted by atomic mass is 16.5. The first kappa shape index (κ1) is 46.2. The number of allylic oxidation sites excluding steroid dienone is 8. The summed E-state index contributed by atoms with van der Waals surface area (Å²) in [5.41, 5.74) is 5.19. The van der Waals surface area contributed by atoms with Crippen molar-refractivity contribution < 1.29 is 39.5 Å². The van der Waals surface area contributed by atoms with E-state index >= 15 is 0 Å². The van der Waals surface area contributed by atoms with Gasteiger partial charge in [0, 0.05) is 24.8 Å². The Morgan fingerprint density at radius 2 is 1.65 bits per heavy atom. The maximum absolute atomic E-state index is 12.9. The van der Waals surface area contributed by atoms with E-state index in [0.717, 1.165) is 40.7 Å². The molecule has 0 aromatic rings. The molecular weight excluding hydrogens is 644 g/mol. The molecule has 51 heavy (non-hydrogen) atoms. The Morgan fingerprint density at radius 1 is 0.980 bits per heavy atom. The summed E-state index contributed by atoms with van der Waals surface area (Å²) in [6, 6.07) is 0. The first-order chi connectivity index (χ1) is 23.9. The van der Waals surface area contributed by atoms with Gasteiger partial charge in [0.15, 0.2) is 0 Å². The van der Waals surface area contributed by atoms with Gasteiger partial charge < -0.3 is 29.9 Å².